The van der Waals surface area contributed by atoms with Gasteiger partial charge >= 0.3 is 5.97 Å². The van der Waals surface area contributed by atoms with E-state index < -0.39 is 22.0 Å². The molecule has 1 saturated heterocycles. The van der Waals surface area contributed by atoms with Gasteiger partial charge in [0, 0.05) is 6.54 Å². The van der Waals surface area contributed by atoms with Gasteiger partial charge in [0.2, 0.25) is 10.0 Å². The summed E-state index contributed by atoms with van der Waals surface area (Å²) in [6.45, 7) is 1.86. The van der Waals surface area contributed by atoms with E-state index in [9.17, 15) is 18.3 Å². The second kappa shape index (κ2) is 5.84. The Morgan fingerprint density at radius 1 is 1.43 bits per heavy atom. The van der Waals surface area contributed by atoms with E-state index in [0.717, 1.165) is 4.31 Å². The van der Waals surface area contributed by atoms with Gasteiger partial charge in [-0.05, 0) is 49.9 Å². The second-order valence-electron chi connectivity index (χ2n) is 5.05. The normalized spacial score (nSPS) is 19.9. The molecule has 2 rings (SSSR count). The van der Waals surface area contributed by atoms with E-state index >= 15 is 0 Å². The van der Waals surface area contributed by atoms with Crippen LogP contribution in [0.5, 0.6) is 0 Å². The third kappa shape index (κ3) is 2.91. The summed E-state index contributed by atoms with van der Waals surface area (Å²) in [6, 6.07) is 5.18. The Balaban J connectivity index is 2.43. The van der Waals surface area contributed by atoms with E-state index in [-0.39, 0.29) is 11.4 Å². The van der Waals surface area contributed by atoms with Gasteiger partial charge in [-0.25, -0.2) is 8.42 Å². The molecular formula is C14H16N2O4S. The molecule has 1 fully saturated rings. The molecule has 112 valence electrons. The van der Waals surface area contributed by atoms with Crippen molar-refractivity contribution in [2.75, 3.05) is 6.54 Å². The highest BCUT2D eigenvalue weighted by molar-refractivity contribution is 7.89. The fourth-order valence-corrected chi connectivity index (χ4v) is 4.23. The van der Waals surface area contributed by atoms with Gasteiger partial charge in [0.15, 0.2) is 0 Å². The van der Waals surface area contributed by atoms with Crippen LogP contribution in [0.25, 0.3) is 0 Å². The Hall–Kier alpha value is -1.91. The summed E-state index contributed by atoms with van der Waals surface area (Å²) in [7, 11) is -3.86. The predicted molar refractivity (Wildman–Crippen MR) is 75.1 cm³/mol. The number of nitrogens with zero attached hydrogens (tertiary/aromatic N) is 2. The smallest absolute Gasteiger partial charge is 0.322 e. The molecule has 0 aliphatic carbocycles. The van der Waals surface area contributed by atoms with Gasteiger partial charge in [0.25, 0.3) is 0 Å². The number of carboxylic acid groups (broad SMARTS) is 1. The molecule has 1 heterocycles. The minimum Gasteiger partial charge on any atom is -0.480 e. The number of carboxylic acids is 1. The SMILES string of the molecule is Cc1cc(S(=O)(=O)N2CCCCC2C(=O)O)ccc1C#N. The molecule has 1 aromatic rings. The van der Waals surface area contributed by atoms with Crippen LogP contribution in [-0.4, -0.2) is 36.4 Å². The Kier molecular flexibility index (Phi) is 4.30. The predicted octanol–water partition coefficient (Wildman–Crippen LogP) is 1.49. The molecule has 6 nitrogen and oxygen atoms in total. The number of hydrogen-bond donors (Lipinski definition) is 1. The summed E-state index contributed by atoms with van der Waals surface area (Å²) in [6.07, 6.45) is 1.68. The first-order valence-electron chi connectivity index (χ1n) is 6.63. The lowest BCUT2D eigenvalue weighted by molar-refractivity contribution is -0.142. The standard InChI is InChI=1S/C14H16N2O4S/c1-10-8-12(6-5-11(10)9-15)21(19,20)16-7-3-2-4-13(16)14(17)18/h5-6,8,13H,2-4,7H2,1H3,(H,17,18). The summed E-state index contributed by atoms with van der Waals surface area (Å²) in [5, 5.41) is 18.1. The summed E-state index contributed by atoms with van der Waals surface area (Å²) in [5.41, 5.74) is 0.963. The Labute approximate surface area is 123 Å². The molecule has 7 heteroatoms. The van der Waals surface area contributed by atoms with Crippen LogP contribution in [0.3, 0.4) is 0 Å². The Bertz CT molecular complexity index is 706. The third-order valence-corrected chi connectivity index (χ3v) is 5.57. The highest BCUT2D eigenvalue weighted by Gasteiger charge is 2.37. The molecule has 0 radical (unpaired) electrons. The summed E-state index contributed by atoms with van der Waals surface area (Å²) >= 11 is 0. The van der Waals surface area contributed by atoms with E-state index in [0.29, 0.717) is 30.4 Å². The van der Waals surface area contributed by atoms with Crippen LogP contribution in [0, 0.1) is 18.3 Å². The number of rotatable bonds is 3. The average Bonchev–Trinajstić information content (AvgIpc) is 2.47. The van der Waals surface area contributed by atoms with Crippen LogP contribution in [0.15, 0.2) is 23.1 Å². The molecular weight excluding hydrogens is 292 g/mol. The van der Waals surface area contributed by atoms with E-state index in [2.05, 4.69) is 0 Å². The molecule has 1 unspecified atom stereocenters. The van der Waals surface area contributed by atoms with Crippen molar-refractivity contribution in [3.05, 3.63) is 29.3 Å². The highest BCUT2D eigenvalue weighted by atomic mass is 32.2. The lowest BCUT2D eigenvalue weighted by Gasteiger charge is -2.31. The average molecular weight is 308 g/mol. The van der Waals surface area contributed by atoms with Crippen LogP contribution in [0.1, 0.15) is 30.4 Å². The number of benzene rings is 1. The van der Waals surface area contributed by atoms with Crippen molar-refractivity contribution in [3.8, 4) is 6.07 Å². The lowest BCUT2D eigenvalue weighted by atomic mass is 10.1. The molecule has 1 atom stereocenters. The number of piperidine rings is 1. The molecule has 1 aliphatic heterocycles. The summed E-state index contributed by atoms with van der Waals surface area (Å²) in [4.78, 5) is 11.3. The molecule has 21 heavy (non-hydrogen) atoms. The summed E-state index contributed by atoms with van der Waals surface area (Å²) < 4.78 is 26.3. The fourth-order valence-electron chi connectivity index (χ4n) is 2.50. The van der Waals surface area contributed by atoms with Gasteiger partial charge in [-0.3, -0.25) is 4.79 Å². The highest BCUT2D eigenvalue weighted by Crippen LogP contribution is 2.26. The molecule has 0 saturated carbocycles. The first-order chi connectivity index (χ1) is 9.87. The third-order valence-electron chi connectivity index (χ3n) is 3.66. The van der Waals surface area contributed by atoms with Crippen LogP contribution in [0.2, 0.25) is 0 Å². The lowest BCUT2D eigenvalue weighted by Crippen LogP contribution is -2.47. The molecule has 0 aromatic heterocycles. The number of carbonyl (C=O) groups is 1. The largest absolute Gasteiger partial charge is 0.480 e. The van der Waals surface area contributed by atoms with Crippen molar-refractivity contribution in [3.63, 3.8) is 0 Å². The van der Waals surface area contributed by atoms with Crippen LogP contribution < -0.4 is 0 Å². The zero-order valence-electron chi connectivity index (χ0n) is 11.6. The van der Waals surface area contributed by atoms with E-state index in [4.69, 9.17) is 5.26 Å². The quantitative estimate of drug-likeness (QED) is 0.912. The zero-order chi connectivity index (χ0) is 15.6. The van der Waals surface area contributed by atoms with Gasteiger partial charge < -0.3 is 5.11 Å². The van der Waals surface area contributed by atoms with Crippen LogP contribution in [-0.2, 0) is 14.8 Å². The van der Waals surface area contributed by atoms with Crippen LogP contribution >= 0.6 is 0 Å². The van der Waals surface area contributed by atoms with Crippen molar-refractivity contribution in [2.45, 2.75) is 37.1 Å². The van der Waals surface area contributed by atoms with Crippen LogP contribution in [0.4, 0.5) is 0 Å². The first kappa shape index (κ1) is 15.5. The van der Waals surface area contributed by atoms with E-state index in [1.165, 1.54) is 18.2 Å². The number of aryl methyl sites for hydroxylation is 1. The van der Waals surface area contributed by atoms with Gasteiger partial charge in [-0.15, -0.1) is 0 Å². The van der Waals surface area contributed by atoms with Gasteiger partial charge in [0.05, 0.1) is 16.5 Å². The molecule has 0 spiro atoms. The summed E-state index contributed by atoms with van der Waals surface area (Å²) in [5.74, 6) is -1.12. The van der Waals surface area contributed by atoms with E-state index in [1.807, 2.05) is 6.07 Å². The van der Waals surface area contributed by atoms with Crippen molar-refractivity contribution in [1.29, 1.82) is 5.26 Å². The zero-order valence-corrected chi connectivity index (χ0v) is 12.4. The van der Waals surface area contributed by atoms with Crippen molar-refractivity contribution in [1.82, 2.24) is 4.31 Å². The maximum Gasteiger partial charge on any atom is 0.322 e. The fraction of sp³-hybridized carbons (Fsp3) is 0.429. The minimum absolute atomic E-state index is 0.0344. The molecule has 0 amide bonds. The topological polar surface area (TPSA) is 98.5 Å². The first-order valence-corrected chi connectivity index (χ1v) is 8.07. The molecule has 0 bridgehead atoms. The Morgan fingerprint density at radius 3 is 2.71 bits per heavy atom. The van der Waals surface area contributed by atoms with Crippen molar-refractivity contribution >= 4 is 16.0 Å². The van der Waals surface area contributed by atoms with Gasteiger partial charge in [-0.1, -0.05) is 0 Å². The van der Waals surface area contributed by atoms with Gasteiger partial charge in [0.1, 0.15) is 6.04 Å². The monoisotopic (exact) mass is 308 g/mol. The maximum atomic E-state index is 12.6. The number of sulfonamides is 1. The number of hydrogen-bond acceptors (Lipinski definition) is 4. The molecule has 1 aliphatic rings. The Morgan fingerprint density at radius 2 is 2.14 bits per heavy atom. The van der Waals surface area contributed by atoms with Crippen molar-refractivity contribution < 1.29 is 18.3 Å². The molecule has 1 aromatic carbocycles. The van der Waals surface area contributed by atoms with E-state index in [1.54, 1.807) is 6.92 Å². The van der Waals surface area contributed by atoms with Crippen molar-refractivity contribution in [2.24, 2.45) is 0 Å². The molecule has 1 N–H and O–H groups in total. The second-order valence-corrected chi connectivity index (χ2v) is 6.94. The number of nitriles is 1. The van der Waals surface area contributed by atoms with Gasteiger partial charge in [-0.2, -0.15) is 9.57 Å². The number of aliphatic carboxylic acids is 1. The minimum atomic E-state index is -3.86. The maximum absolute atomic E-state index is 12.6.